The highest BCUT2D eigenvalue weighted by Crippen LogP contribution is 2.22. The largest absolute Gasteiger partial charge is 0.340 e. The minimum atomic E-state index is -0.0662. The summed E-state index contributed by atoms with van der Waals surface area (Å²) in [6.07, 6.45) is 3.59. The van der Waals surface area contributed by atoms with Gasteiger partial charge in [-0.15, -0.1) is 0 Å². The average molecular weight is 331 g/mol. The van der Waals surface area contributed by atoms with Crippen LogP contribution in [-0.4, -0.2) is 29.0 Å². The van der Waals surface area contributed by atoms with E-state index in [-0.39, 0.29) is 11.8 Å². The van der Waals surface area contributed by atoms with Gasteiger partial charge in [-0.3, -0.25) is 4.79 Å². The van der Waals surface area contributed by atoms with Gasteiger partial charge in [-0.2, -0.15) is 0 Å². The van der Waals surface area contributed by atoms with E-state index in [4.69, 9.17) is 11.6 Å². The number of hydrogen-bond acceptors (Lipinski definition) is 4. The third-order valence-electron chi connectivity index (χ3n) is 3.97. The summed E-state index contributed by atoms with van der Waals surface area (Å²) in [5.41, 5.74) is 1.70. The summed E-state index contributed by atoms with van der Waals surface area (Å²) in [5.74, 6) is 0.669. The zero-order valence-corrected chi connectivity index (χ0v) is 13.8. The first kappa shape index (κ1) is 15.7. The monoisotopic (exact) mass is 330 g/mol. The highest BCUT2D eigenvalue weighted by molar-refractivity contribution is 6.30. The van der Waals surface area contributed by atoms with Crippen molar-refractivity contribution in [1.29, 1.82) is 0 Å². The Morgan fingerprint density at radius 3 is 2.83 bits per heavy atom. The molecule has 1 amide bonds. The minimum absolute atomic E-state index is 0.0321. The molecule has 2 heterocycles. The van der Waals surface area contributed by atoms with Crippen LogP contribution in [0.4, 0.5) is 11.6 Å². The molecule has 23 heavy (non-hydrogen) atoms. The second kappa shape index (κ2) is 6.96. The summed E-state index contributed by atoms with van der Waals surface area (Å²) in [6.45, 7) is 3.47. The Morgan fingerprint density at radius 2 is 2.09 bits per heavy atom. The molecule has 5 nitrogen and oxygen atoms in total. The number of hydrogen-bond donors (Lipinski definition) is 1. The first-order valence-electron chi connectivity index (χ1n) is 7.73. The molecule has 0 aliphatic carbocycles. The van der Waals surface area contributed by atoms with Crippen molar-refractivity contribution in [1.82, 2.24) is 9.97 Å². The molecular weight excluding hydrogens is 312 g/mol. The van der Waals surface area contributed by atoms with Crippen LogP contribution in [0.3, 0.4) is 0 Å². The molecule has 120 valence electrons. The van der Waals surface area contributed by atoms with Crippen LogP contribution in [-0.2, 0) is 4.79 Å². The molecule has 1 N–H and O–H groups in total. The van der Waals surface area contributed by atoms with Gasteiger partial charge in [0.1, 0.15) is 0 Å². The lowest BCUT2D eigenvalue weighted by molar-refractivity contribution is -0.120. The van der Waals surface area contributed by atoms with Gasteiger partial charge in [-0.05, 0) is 50.1 Å². The lowest BCUT2D eigenvalue weighted by Gasteiger charge is -2.32. The maximum atomic E-state index is 12.5. The SMILES string of the molecule is Cc1ccnc(N2CCCC(C(=O)Nc3ccc(Cl)cc3)C2)n1. The van der Waals surface area contributed by atoms with Crippen molar-refractivity contribution in [2.75, 3.05) is 23.3 Å². The second-order valence-corrected chi connectivity index (χ2v) is 6.22. The van der Waals surface area contributed by atoms with E-state index in [1.807, 2.05) is 25.1 Å². The third-order valence-corrected chi connectivity index (χ3v) is 4.22. The van der Waals surface area contributed by atoms with E-state index in [0.29, 0.717) is 17.5 Å². The fourth-order valence-electron chi connectivity index (χ4n) is 2.74. The molecule has 0 spiro atoms. The molecule has 1 atom stereocenters. The fraction of sp³-hybridized carbons (Fsp3) is 0.353. The van der Waals surface area contributed by atoms with Crippen molar-refractivity contribution in [2.24, 2.45) is 5.92 Å². The molecule has 1 aliphatic heterocycles. The van der Waals surface area contributed by atoms with Crippen LogP contribution in [0.15, 0.2) is 36.5 Å². The average Bonchev–Trinajstić information content (AvgIpc) is 2.57. The van der Waals surface area contributed by atoms with Crippen LogP contribution in [0, 0.1) is 12.8 Å². The van der Waals surface area contributed by atoms with E-state index >= 15 is 0 Å². The van der Waals surface area contributed by atoms with E-state index < -0.39 is 0 Å². The van der Waals surface area contributed by atoms with Gasteiger partial charge < -0.3 is 10.2 Å². The molecule has 0 bridgehead atoms. The first-order chi connectivity index (χ1) is 11.1. The van der Waals surface area contributed by atoms with Crippen LogP contribution in [0.2, 0.25) is 5.02 Å². The van der Waals surface area contributed by atoms with Gasteiger partial charge in [-0.25, -0.2) is 9.97 Å². The highest BCUT2D eigenvalue weighted by atomic mass is 35.5. The minimum Gasteiger partial charge on any atom is -0.340 e. The summed E-state index contributed by atoms with van der Waals surface area (Å²) < 4.78 is 0. The molecule has 0 saturated carbocycles. The Balaban J connectivity index is 1.65. The molecule has 6 heteroatoms. The molecular formula is C17H19ClN4O. The molecule has 1 saturated heterocycles. The van der Waals surface area contributed by atoms with Gasteiger partial charge in [0.15, 0.2) is 0 Å². The van der Waals surface area contributed by atoms with Crippen molar-refractivity contribution < 1.29 is 4.79 Å². The van der Waals surface area contributed by atoms with Crippen molar-refractivity contribution in [2.45, 2.75) is 19.8 Å². The molecule has 1 unspecified atom stereocenters. The number of amides is 1. The Bertz CT molecular complexity index is 689. The van der Waals surface area contributed by atoms with Crippen molar-refractivity contribution >= 4 is 29.1 Å². The summed E-state index contributed by atoms with van der Waals surface area (Å²) >= 11 is 5.86. The number of nitrogens with zero attached hydrogens (tertiary/aromatic N) is 3. The van der Waals surface area contributed by atoms with E-state index in [9.17, 15) is 4.79 Å². The molecule has 3 rings (SSSR count). The summed E-state index contributed by atoms with van der Waals surface area (Å²) in [4.78, 5) is 23.3. The van der Waals surface area contributed by atoms with Gasteiger partial charge >= 0.3 is 0 Å². The molecule has 1 aromatic heterocycles. The lowest BCUT2D eigenvalue weighted by Crippen LogP contribution is -2.41. The van der Waals surface area contributed by atoms with E-state index in [2.05, 4.69) is 20.2 Å². The van der Waals surface area contributed by atoms with Crippen molar-refractivity contribution in [3.05, 3.63) is 47.2 Å². The Kier molecular flexibility index (Phi) is 4.76. The topological polar surface area (TPSA) is 58.1 Å². The van der Waals surface area contributed by atoms with Gasteiger partial charge in [0.25, 0.3) is 0 Å². The number of halogens is 1. The van der Waals surface area contributed by atoms with Crippen molar-refractivity contribution in [3.8, 4) is 0 Å². The maximum absolute atomic E-state index is 12.5. The van der Waals surface area contributed by atoms with Gasteiger partial charge in [-0.1, -0.05) is 11.6 Å². The number of carbonyl (C=O) groups is 1. The molecule has 1 fully saturated rings. The van der Waals surface area contributed by atoms with Gasteiger partial charge in [0.2, 0.25) is 11.9 Å². The Morgan fingerprint density at radius 1 is 1.30 bits per heavy atom. The quantitative estimate of drug-likeness (QED) is 0.938. The van der Waals surface area contributed by atoms with Crippen LogP contribution < -0.4 is 10.2 Å². The number of nitrogens with one attached hydrogen (secondary N) is 1. The van der Waals surface area contributed by atoms with Crippen LogP contribution in [0.5, 0.6) is 0 Å². The summed E-state index contributed by atoms with van der Waals surface area (Å²) in [5, 5.41) is 3.61. The first-order valence-corrected chi connectivity index (χ1v) is 8.10. The molecule has 2 aromatic rings. The number of benzene rings is 1. The summed E-state index contributed by atoms with van der Waals surface area (Å²) in [6, 6.07) is 9.03. The number of rotatable bonds is 3. The Hall–Kier alpha value is -2.14. The van der Waals surface area contributed by atoms with Crippen LogP contribution in [0.25, 0.3) is 0 Å². The van der Waals surface area contributed by atoms with E-state index in [1.165, 1.54) is 0 Å². The number of aryl methyl sites for hydroxylation is 1. The van der Waals surface area contributed by atoms with Crippen molar-refractivity contribution in [3.63, 3.8) is 0 Å². The van der Waals surface area contributed by atoms with E-state index in [1.54, 1.807) is 18.3 Å². The second-order valence-electron chi connectivity index (χ2n) is 5.78. The fourth-order valence-corrected chi connectivity index (χ4v) is 2.86. The predicted octanol–water partition coefficient (Wildman–Crippen LogP) is 3.29. The number of piperidine rings is 1. The predicted molar refractivity (Wildman–Crippen MR) is 91.8 cm³/mol. The third kappa shape index (κ3) is 3.99. The zero-order valence-electron chi connectivity index (χ0n) is 13.0. The Labute approximate surface area is 140 Å². The van der Waals surface area contributed by atoms with Crippen LogP contribution >= 0.6 is 11.6 Å². The standard InChI is InChI=1S/C17H19ClN4O/c1-12-8-9-19-17(20-12)22-10-2-3-13(11-22)16(23)21-15-6-4-14(18)5-7-15/h4-9,13H,2-3,10-11H2,1H3,(H,21,23). The number of carbonyl (C=O) groups excluding carboxylic acids is 1. The lowest BCUT2D eigenvalue weighted by atomic mass is 9.97. The normalized spacial score (nSPS) is 17.8. The van der Waals surface area contributed by atoms with Gasteiger partial charge in [0, 0.05) is 35.7 Å². The van der Waals surface area contributed by atoms with E-state index in [0.717, 1.165) is 30.8 Å². The number of aromatic nitrogens is 2. The molecule has 0 radical (unpaired) electrons. The maximum Gasteiger partial charge on any atom is 0.229 e. The van der Waals surface area contributed by atoms with Crippen LogP contribution in [0.1, 0.15) is 18.5 Å². The number of anilines is 2. The molecule has 1 aliphatic rings. The van der Waals surface area contributed by atoms with Gasteiger partial charge in [0.05, 0.1) is 5.92 Å². The summed E-state index contributed by atoms with van der Waals surface area (Å²) in [7, 11) is 0. The zero-order chi connectivity index (χ0) is 16.2. The highest BCUT2D eigenvalue weighted by Gasteiger charge is 2.27. The molecule has 1 aromatic carbocycles. The smallest absolute Gasteiger partial charge is 0.229 e.